The first kappa shape index (κ1) is 9.03. The Hall–Kier alpha value is -1.06. The van der Waals surface area contributed by atoms with E-state index in [-0.39, 0.29) is 17.9 Å². The van der Waals surface area contributed by atoms with E-state index >= 15 is 0 Å². The lowest BCUT2D eigenvalue weighted by atomic mass is 9.98. The van der Waals surface area contributed by atoms with Crippen molar-refractivity contribution in [3.05, 3.63) is 0 Å². The van der Waals surface area contributed by atoms with Gasteiger partial charge in [-0.1, -0.05) is 0 Å². The van der Waals surface area contributed by atoms with E-state index in [1.807, 2.05) is 0 Å². The molecule has 0 aromatic heterocycles. The van der Waals surface area contributed by atoms with E-state index < -0.39 is 5.54 Å². The van der Waals surface area contributed by atoms with Gasteiger partial charge >= 0.3 is 0 Å². The highest BCUT2D eigenvalue weighted by molar-refractivity contribution is 5.98. The van der Waals surface area contributed by atoms with Crippen LogP contribution in [-0.4, -0.2) is 35.3 Å². The Bertz CT molecular complexity index is 235. The zero-order valence-corrected chi connectivity index (χ0v) is 7.84. The number of likely N-dealkylation sites (N-methyl/N-ethyl adjacent to an activating group) is 1. The summed E-state index contributed by atoms with van der Waals surface area (Å²) in [6.07, 6.45) is 0. The molecule has 68 valence electrons. The van der Waals surface area contributed by atoms with E-state index in [0.29, 0.717) is 0 Å². The molecule has 1 aliphatic heterocycles. The maximum atomic E-state index is 11.5. The molecule has 0 bridgehead atoms. The topological polar surface area (TPSA) is 49.4 Å². The lowest BCUT2D eigenvalue weighted by Crippen LogP contribution is -2.66. The molecule has 4 heteroatoms. The van der Waals surface area contributed by atoms with Gasteiger partial charge < -0.3 is 10.2 Å². The highest BCUT2D eigenvalue weighted by Gasteiger charge is 2.41. The van der Waals surface area contributed by atoms with Crippen molar-refractivity contribution in [3.63, 3.8) is 0 Å². The molecular weight excluding hydrogens is 156 g/mol. The van der Waals surface area contributed by atoms with Crippen LogP contribution >= 0.6 is 0 Å². The molecule has 0 saturated carbocycles. The van der Waals surface area contributed by atoms with E-state index in [0.717, 1.165) is 0 Å². The van der Waals surface area contributed by atoms with Gasteiger partial charge in [-0.05, 0) is 20.8 Å². The van der Waals surface area contributed by atoms with Gasteiger partial charge in [-0.2, -0.15) is 0 Å². The van der Waals surface area contributed by atoms with Crippen LogP contribution < -0.4 is 5.32 Å². The molecule has 0 unspecified atom stereocenters. The summed E-state index contributed by atoms with van der Waals surface area (Å²) in [6.45, 7) is 5.12. The standard InChI is InChI=1S/C8H14N2O2/c1-5-6(11)9-8(2,3)7(12)10(5)4/h5H,1-4H3,(H,9,11)/t5-/m0/s1. The van der Waals surface area contributed by atoms with Crippen molar-refractivity contribution in [1.29, 1.82) is 0 Å². The molecule has 0 spiro atoms. The number of nitrogens with one attached hydrogen (secondary N) is 1. The van der Waals surface area contributed by atoms with Gasteiger partial charge in [-0.15, -0.1) is 0 Å². The number of hydrogen-bond acceptors (Lipinski definition) is 2. The van der Waals surface area contributed by atoms with Crippen molar-refractivity contribution in [1.82, 2.24) is 10.2 Å². The van der Waals surface area contributed by atoms with Gasteiger partial charge in [0.25, 0.3) is 0 Å². The third-order valence-corrected chi connectivity index (χ3v) is 2.25. The maximum absolute atomic E-state index is 11.5. The summed E-state index contributed by atoms with van der Waals surface area (Å²) >= 11 is 0. The Labute approximate surface area is 71.9 Å². The van der Waals surface area contributed by atoms with Crippen molar-refractivity contribution in [2.75, 3.05) is 7.05 Å². The van der Waals surface area contributed by atoms with Gasteiger partial charge in [-0.25, -0.2) is 0 Å². The second kappa shape index (κ2) is 2.47. The molecule has 1 fully saturated rings. The second-order valence-electron chi connectivity index (χ2n) is 3.71. The average Bonchev–Trinajstić information content (AvgIpc) is 1.97. The van der Waals surface area contributed by atoms with E-state index in [4.69, 9.17) is 0 Å². The molecule has 0 aromatic carbocycles. The number of rotatable bonds is 0. The van der Waals surface area contributed by atoms with Crippen molar-refractivity contribution >= 4 is 11.8 Å². The first-order valence-electron chi connectivity index (χ1n) is 3.95. The van der Waals surface area contributed by atoms with Crippen LogP contribution in [0.3, 0.4) is 0 Å². The van der Waals surface area contributed by atoms with Crippen LogP contribution in [-0.2, 0) is 9.59 Å². The van der Waals surface area contributed by atoms with Crippen LogP contribution in [0.1, 0.15) is 20.8 Å². The van der Waals surface area contributed by atoms with Crippen LogP contribution in [0.25, 0.3) is 0 Å². The monoisotopic (exact) mass is 170 g/mol. The molecule has 2 amide bonds. The largest absolute Gasteiger partial charge is 0.340 e. The fourth-order valence-corrected chi connectivity index (χ4v) is 1.26. The van der Waals surface area contributed by atoms with Gasteiger partial charge in [0.1, 0.15) is 11.6 Å². The van der Waals surface area contributed by atoms with Crippen LogP contribution in [0.15, 0.2) is 0 Å². The van der Waals surface area contributed by atoms with Gasteiger partial charge in [0.2, 0.25) is 11.8 Å². The first-order chi connectivity index (χ1) is 5.36. The van der Waals surface area contributed by atoms with Crippen molar-refractivity contribution in [2.45, 2.75) is 32.4 Å². The molecule has 1 N–H and O–H groups in total. The van der Waals surface area contributed by atoms with E-state index in [1.54, 1.807) is 27.8 Å². The minimum atomic E-state index is -0.752. The number of piperazine rings is 1. The lowest BCUT2D eigenvalue weighted by molar-refractivity contribution is -0.150. The Morgan fingerprint density at radius 2 is 1.92 bits per heavy atom. The van der Waals surface area contributed by atoms with E-state index in [9.17, 15) is 9.59 Å². The van der Waals surface area contributed by atoms with Crippen molar-refractivity contribution < 1.29 is 9.59 Å². The number of hydrogen-bond donors (Lipinski definition) is 1. The van der Waals surface area contributed by atoms with Crippen molar-refractivity contribution in [3.8, 4) is 0 Å². The molecule has 0 aliphatic carbocycles. The van der Waals surface area contributed by atoms with Gasteiger partial charge in [-0.3, -0.25) is 9.59 Å². The molecule has 1 rings (SSSR count). The molecule has 1 atom stereocenters. The smallest absolute Gasteiger partial charge is 0.248 e. The summed E-state index contributed by atoms with van der Waals surface area (Å²) in [5.74, 6) is -0.142. The predicted molar refractivity (Wildman–Crippen MR) is 44.5 cm³/mol. The quantitative estimate of drug-likeness (QED) is 0.544. The Morgan fingerprint density at radius 3 is 2.42 bits per heavy atom. The Kier molecular flexibility index (Phi) is 1.86. The number of carbonyl (C=O) groups is 2. The normalized spacial score (nSPS) is 28.7. The summed E-state index contributed by atoms with van der Waals surface area (Å²) in [7, 11) is 1.65. The van der Waals surface area contributed by atoms with Gasteiger partial charge in [0.05, 0.1) is 0 Å². The van der Waals surface area contributed by atoms with Crippen LogP contribution in [0, 0.1) is 0 Å². The van der Waals surface area contributed by atoms with E-state index in [1.165, 1.54) is 4.90 Å². The first-order valence-corrected chi connectivity index (χ1v) is 3.95. The fraction of sp³-hybridized carbons (Fsp3) is 0.750. The van der Waals surface area contributed by atoms with Crippen LogP contribution in [0.4, 0.5) is 0 Å². The maximum Gasteiger partial charge on any atom is 0.248 e. The van der Waals surface area contributed by atoms with Gasteiger partial charge in [0.15, 0.2) is 0 Å². The second-order valence-corrected chi connectivity index (χ2v) is 3.71. The van der Waals surface area contributed by atoms with Gasteiger partial charge in [0, 0.05) is 7.05 Å². The SMILES string of the molecule is C[C@H]1C(=O)NC(C)(C)C(=O)N1C. The molecule has 1 aliphatic rings. The van der Waals surface area contributed by atoms with Crippen molar-refractivity contribution in [2.24, 2.45) is 0 Å². The Morgan fingerprint density at radius 1 is 1.42 bits per heavy atom. The number of carbonyl (C=O) groups excluding carboxylic acids is 2. The number of nitrogens with zero attached hydrogens (tertiary/aromatic N) is 1. The highest BCUT2D eigenvalue weighted by Crippen LogP contribution is 2.15. The minimum Gasteiger partial charge on any atom is -0.340 e. The molecule has 1 saturated heterocycles. The number of amides is 2. The molecule has 12 heavy (non-hydrogen) atoms. The highest BCUT2D eigenvalue weighted by atomic mass is 16.2. The fourth-order valence-electron chi connectivity index (χ4n) is 1.26. The summed E-state index contributed by atoms with van der Waals surface area (Å²) in [5, 5.41) is 2.66. The summed E-state index contributed by atoms with van der Waals surface area (Å²) in [6, 6.07) is -0.356. The average molecular weight is 170 g/mol. The van der Waals surface area contributed by atoms with Crippen LogP contribution in [0.2, 0.25) is 0 Å². The third-order valence-electron chi connectivity index (χ3n) is 2.25. The zero-order chi connectivity index (χ0) is 9.52. The lowest BCUT2D eigenvalue weighted by Gasteiger charge is -2.39. The molecular formula is C8H14N2O2. The molecule has 1 heterocycles. The summed E-state index contributed by atoms with van der Waals surface area (Å²) < 4.78 is 0. The summed E-state index contributed by atoms with van der Waals surface area (Å²) in [5.41, 5.74) is -0.752. The summed E-state index contributed by atoms with van der Waals surface area (Å²) in [4.78, 5) is 24.2. The Balaban J connectivity index is 2.93. The molecule has 0 radical (unpaired) electrons. The predicted octanol–water partition coefficient (Wildman–Crippen LogP) is -0.258. The third kappa shape index (κ3) is 1.17. The zero-order valence-electron chi connectivity index (χ0n) is 7.84. The molecule has 4 nitrogen and oxygen atoms in total. The minimum absolute atomic E-state index is 0.0467. The van der Waals surface area contributed by atoms with Crippen LogP contribution in [0.5, 0.6) is 0 Å². The molecule has 0 aromatic rings. The van der Waals surface area contributed by atoms with E-state index in [2.05, 4.69) is 5.32 Å².